The lowest BCUT2D eigenvalue weighted by Gasteiger charge is -2.43. The predicted molar refractivity (Wildman–Crippen MR) is 82.2 cm³/mol. The molecule has 3 fully saturated rings. The van der Waals surface area contributed by atoms with Gasteiger partial charge in [0.05, 0.1) is 0 Å². The minimum atomic E-state index is -0.719. The second-order valence-electron chi connectivity index (χ2n) is 6.67. The molecular formula is C14H24N2O5S. The molecule has 3 heterocycles. The van der Waals surface area contributed by atoms with Crippen molar-refractivity contribution in [2.24, 2.45) is 0 Å². The first kappa shape index (κ1) is 16.4. The molecule has 0 saturated carbocycles. The molecule has 0 aromatic carbocycles. The molecule has 0 aliphatic carbocycles. The molecule has 3 aliphatic heterocycles. The Kier molecular flexibility index (Phi) is 4.12. The molecule has 5 atom stereocenters. The lowest BCUT2D eigenvalue weighted by molar-refractivity contribution is -0.342. The fourth-order valence-corrected chi connectivity index (χ4v) is 3.25. The van der Waals surface area contributed by atoms with Crippen LogP contribution in [0.3, 0.4) is 0 Å². The van der Waals surface area contributed by atoms with E-state index < -0.39 is 17.9 Å². The minimum Gasteiger partial charge on any atom is -0.366 e. The third-order valence-corrected chi connectivity index (χ3v) is 4.29. The molecule has 0 amide bonds. The van der Waals surface area contributed by atoms with Gasteiger partial charge >= 0.3 is 0 Å². The van der Waals surface area contributed by atoms with E-state index in [1.165, 1.54) is 0 Å². The maximum Gasteiger partial charge on any atom is 0.190 e. The average molecular weight is 332 g/mol. The molecule has 0 spiro atoms. The van der Waals surface area contributed by atoms with Crippen LogP contribution in [0.15, 0.2) is 0 Å². The highest BCUT2D eigenvalue weighted by Gasteiger charge is 2.61. The minimum absolute atomic E-state index is 0.207. The van der Waals surface area contributed by atoms with Gasteiger partial charge in [0.1, 0.15) is 24.4 Å². The highest BCUT2D eigenvalue weighted by molar-refractivity contribution is 7.80. The van der Waals surface area contributed by atoms with Crippen molar-refractivity contribution in [1.82, 2.24) is 10.6 Å². The second kappa shape index (κ2) is 5.54. The summed E-state index contributed by atoms with van der Waals surface area (Å²) in [5.74, 6) is -1.38. The van der Waals surface area contributed by atoms with E-state index in [0.29, 0.717) is 11.7 Å². The molecule has 0 aromatic heterocycles. The van der Waals surface area contributed by atoms with Gasteiger partial charge in [0.15, 0.2) is 23.0 Å². The Bertz CT molecular complexity index is 459. The van der Waals surface area contributed by atoms with Gasteiger partial charge in [-0.05, 0) is 39.9 Å². The monoisotopic (exact) mass is 332 g/mol. The molecular weight excluding hydrogens is 308 g/mol. The van der Waals surface area contributed by atoms with E-state index in [-0.39, 0.29) is 24.4 Å². The van der Waals surface area contributed by atoms with Crippen LogP contribution in [0.25, 0.3) is 0 Å². The van der Waals surface area contributed by atoms with E-state index in [1.807, 2.05) is 27.7 Å². The van der Waals surface area contributed by atoms with Gasteiger partial charge in [-0.2, -0.15) is 0 Å². The summed E-state index contributed by atoms with van der Waals surface area (Å²) >= 11 is 5.11. The van der Waals surface area contributed by atoms with Crippen LogP contribution in [-0.4, -0.2) is 61.0 Å². The maximum atomic E-state index is 6.04. The van der Waals surface area contributed by atoms with Crippen molar-refractivity contribution in [1.29, 1.82) is 0 Å². The summed E-state index contributed by atoms with van der Waals surface area (Å²) in [6, 6.07) is 0. The molecule has 0 unspecified atom stereocenters. The van der Waals surface area contributed by atoms with Crippen LogP contribution < -0.4 is 10.6 Å². The van der Waals surface area contributed by atoms with E-state index in [0.717, 1.165) is 0 Å². The molecule has 0 bridgehead atoms. The van der Waals surface area contributed by atoms with Gasteiger partial charge in [-0.1, -0.05) is 0 Å². The summed E-state index contributed by atoms with van der Waals surface area (Å²) in [6.45, 7) is 8.05. The topological polar surface area (TPSA) is 70.2 Å². The first-order valence-electron chi connectivity index (χ1n) is 7.53. The van der Waals surface area contributed by atoms with Crippen LogP contribution in [0.4, 0.5) is 0 Å². The van der Waals surface area contributed by atoms with Crippen molar-refractivity contribution in [3.8, 4) is 0 Å². The van der Waals surface area contributed by atoms with Gasteiger partial charge in [0.25, 0.3) is 0 Å². The number of rotatable bonds is 2. The zero-order valence-electron chi connectivity index (χ0n) is 13.5. The third-order valence-electron chi connectivity index (χ3n) is 3.94. The number of ether oxygens (including phenoxy) is 5. The third kappa shape index (κ3) is 3.08. The number of fused-ring (bicyclic) bond motifs is 3. The van der Waals surface area contributed by atoms with Crippen molar-refractivity contribution in [2.75, 3.05) is 13.6 Å². The van der Waals surface area contributed by atoms with Crippen molar-refractivity contribution < 1.29 is 23.7 Å². The number of nitrogens with one attached hydrogen (secondary N) is 2. The van der Waals surface area contributed by atoms with E-state index in [9.17, 15) is 0 Å². The van der Waals surface area contributed by atoms with Gasteiger partial charge in [-0.25, -0.2) is 0 Å². The van der Waals surface area contributed by atoms with Crippen molar-refractivity contribution in [3.05, 3.63) is 0 Å². The van der Waals surface area contributed by atoms with E-state index in [4.69, 9.17) is 35.9 Å². The molecule has 3 aliphatic rings. The normalized spacial score (nSPS) is 41.6. The Balaban J connectivity index is 1.73. The van der Waals surface area contributed by atoms with Gasteiger partial charge in [-0.15, -0.1) is 0 Å². The zero-order chi connectivity index (χ0) is 16.1. The number of thiocarbonyl (C=S) groups is 1. The van der Waals surface area contributed by atoms with Crippen LogP contribution >= 0.6 is 12.2 Å². The van der Waals surface area contributed by atoms with E-state index >= 15 is 0 Å². The summed E-state index contributed by atoms with van der Waals surface area (Å²) in [4.78, 5) is 0. The number of hydrogen-bond acceptors (Lipinski definition) is 6. The first-order valence-corrected chi connectivity index (χ1v) is 7.94. The lowest BCUT2D eigenvalue weighted by atomic mass is 10.0. The SMILES string of the molecule is CNC(=S)NC[C@H]1OC(C)(C)O[C@@H]2[C@H]3OC(C)(C)O[C@H]3O[C@@H]21. The summed E-state index contributed by atoms with van der Waals surface area (Å²) in [5, 5.41) is 6.56. The standard InChI is InChI=1S/C14H24N2O5S/c1-13(2)18-7(6-16-12(22)15-5)8-9(19-13)10-11(17-8)21-14(3,4)20-10/h7-11H,6H2,1-5H3,(H2,15,16,22)/t7-,8-,9+,10-,11-/m1/s1. The summed E-state index contributed by atoms with van der Waals surface area (Å²) < 4.78 is 29.8. The quantitative estimate of drug-likeness (QED) is 0.708. The van der Waals surface area contributed by atoms with E-state index in [1.54, 1.807) is 7.05 Å². The fraction of sp³-hybridized carbons (Fsp3) is 0.929. The molecule has 2 N–H and O–H groups in total. The average Bonchev–Trinajstić information content (AvgIpc) is 2.87. The first-order chi connectivity index (χ1) is 10.2. The lowest BCUT2D eigenvalue weighted by Crippen LogP contribution is -2.58. The van der Waals surface area contributed by atoms with E-state index in [2.05, 4.69) is 10.6 Å². The largest absolute Gasteiger partial charge is 0.366 e. The van der Waals surface area contributed by atoms with Gasteiger partial charge in [0, 0.05) is 13.6 Å². The molecule has 0 radical (unpaired) electrons. The Morgan fingerprint density at radius 3 is 2.27 bits per heavy atom. The van der Waals surface area contributed by atoms with Crippen molar-refractivity contribution in [3.63, 3.8) is 0 Å². The molecule has 8 heteroatoms. The highest BCUT2D eigenvalue weighted by Crippen LogP contribution is 2.44. The summed E-state index contributed by atoms with van der Waals surface area (Å²) in [7, 11) is 1.77. The van der Waals surface area contributed by atoms with Crippen LogP contribution in [0.5, 0.6) is 0 Å². The van der Waals surface area contributed by atoms with Crippen molar-refractivity contribution in [2.45, 2.75) is 70.0 Å². The van der Waals surface area contributed by atoms with Gasteiger partial charge in [0.2, 0.25) is 0 Å². The van der Waals surface area contributed by atoms with Crippen molar-refractivity contribution >= 4 is 17.3 Å². The second-order valence-corrected chi connectivity index (χ2v) is 7.08. The Morgan fingerprint density at radius 1 is 0.955 bits per heavy atom. The molecule has 3 rings (SSSR count). The smallest absolute Gasteiger partial charge is 0.190 e. The summed E-state index contributed by atoms with van der Waals surface area (Å²) in [6.07, 6.45) is -1.37. The maximum absolute atomic E-state index is 6.04. The Morgan fingerprint density at radius 2 is 1.59 bits per heavy atom. The molecule has 126 valence electrons. The summed E-state index contributed by atoms with van der Waals surface area (Å²) in [5.41, 5.74) is 0. The Hall–Kier alpha value is -0.510. The molecule has 0 aromatic rings. The molecule has 3 saturated heterocycles. The number of hydrogen-bond donors (Lipinski definition) is 2. The molecule has 22 heavy (non-hydrogen) atoms. The van der Waals surface area contributed by atoms with Crippen LogP contribution in [-0.2, 0) is 23.7 Å². The van der Waals surface area contributed by atoms with Gasteiger partial charge < -0.3 is 34.3 Å². The van der Waals surface area contributed by atoms with Crippen LogP contribution in [0, 0.1) is 0 Å². The Labute approximate surface area is 135 Å². The highest BCUT2D eigenvalue weighted by atomic mass is 32.1. The van der Waals surface area contributed by atoms with Crippen LogP contribution in [0.1, 0.15) is 27.7 Å². The molecule has 7 nitrogen and oxygen atoms in total. The van der Waals surface area contributed by atoms with Gasteiger partial charge in [-0.3, -0.25) is 0 Å². The zero-order valence-corrected chi connectivity index (χ0v) is 14.4. The fourth-order valence-electron chi connectivity index (χ4n) is 3.16. The predicted octanol–water partition coefficient (Wildman–Crippen LogP) is 0.477. The van der Waals surface area contributed by atoms with Crippen LogP contribution in [0.2, 0.25) is 0 Å².